The van der Waals surface area contributed by atoms with Gasteiger partial charge in [0.05, 0.1) is 24.2 Å². The molecule has 0 saturated heterocycles. The number of nitrogens with zero attached hydrogens (tertiary/aromatic N) is 1. The van der Waals surface area contributed by atoms with E-state index in [-0.39, 0.29) is 57.1 Å². The Bertz CT molecular complexity index is 1110. The van der Waals surface area contributed by atoms with Gasteiger partial charge in [-0.25, -0.2) is 0 Å². The normalized spacial score (nSPS) is 48.0. The van der Waals surface area contributed by atoms with Crippen molar-refractivity contribution in [2.75, 3.05) is 7.11 Å². The zero-order chi connectivity index (χ0) is 27.4. The predicted molar refractivity (Wildman–Crippen MR) is 142 cm³/mol. The molecule has 0 aromatic heterocycles. The molecule has 5 aliphatic carbocycles. The van der Waals surface area contributed by atoms with Crippen molar-refractivity contribution in [1.29, 1.82) is 5.26 Å². The third-order valence-electron chi connectivity index (χ3n) is 13.3. The van der Waals surface area contributed by atoms with Crippen LogP contribution in [-0.2, 0) is 14.3 Å². The smallest absolute Gasteiger partial charge is 0.312 e. The number of hydrogen-bond donors (Lipinski definition) is 1. The van der Waals surface area contributed by atoms with Crippen LogP contribution in [0.2, 0.25) is 0 Å². The van der Waals surface area contributed by atoms with Crippen LogP contribution in [0.15, 0.2) is 11.3 Å². The Morgan fingerprint density at radius 1 is 0.973 bits per heavy atom. The minimum atomic E-state index is -0.552. The molecular formula is C32H47NO4. The van der Waals surface area contributed by atoms with Crippen molar-refractivity contribution >= 4 is 11.8 Å². The predicted octanol–water partition coefficient (Wildman–Crippen LogP) is 7.17. The minimum absolute atomic E-state index is 0.0136. The number of ketones is 1. The fourth-order valence-electron chi connectivity index (χ4n) is 11.2. The van der Waals surface area contributed by atoms with Gasteiger partial charge in [-0.1, -0.05) is 48.5 Å². The number of carbonyl (C=O) groups excluding carboxylic acids is 2. The number of hydrogen-bond acceptors (Lipinski definition) is 5. The molecule has 1 N–H and O–H groups in total. The second-order valence-corrected chi connectivity index (χ2v) is 15.6. The highest BCUT2D eigenvalue weighted by Gasteiger charge is 2.73. The Hall–Kier alpha value is -1.83. The van der Waals surface area contributed by atoms with Crippen molar-refractivity contribution in [3.63, 3.8) is 0 Å². The number of esters is 1. The van der Waals surface area contributed by atoms with E-state index in [1.54, 1.807) is 0 Å². The van der Waals surface area contributed by atoms with E-state index in [0.717, 1.165) is 44.9 Å². The van der Waals surface area contributed by atoms with Gasteiger partial charge in [0.2, 0.25) is 0 Å². The fraction of sp³-hybridized carbons (Fsp3) is 0.844. The number of aliphatic hydroxyl groups is 1. The van der Waals surface area contributed by atoms with Crippen molar-refractivity contribution in [3.8, 4) is 6.07 Å². The number of rotatable bonds is 1. The molecule has 204 valence electrons. The summed E-state index contributed by atoms with van der Waals surface area (Å²) >= 11 is 0. The zero-order valence-corrected chi connectivity index (χ0v) is 24.3. The van der Waals surface area contributed by atoms with E-state index in [1.165, 1.54) is 7.11 Å². The number of fused-ring (bicyclic) bond motifs is 7. The summed E-state index contributed by atoms with van der Waals surface area (Å²) in [6.07, 6.45) is 7.37. The van der Waals surface area contributed by atoms with Crippen molar-refractivity contribution in [2.45, 2.75) is 106 Å². The Labute approximate surface area is 223 Å². The van der Waals surface area contributed by atoms with Crippen LogP contribution in [-0.4, -0.2) is 24.0 Å². The maximum absolute atomic E-state index is 14.5. The highest BCUT2D eigenvalue weighted by atomic mass is 16.5. The molecule has 1 unspecified atom stereocenters. The highest BCUT2D eigenvalue weighted by Crippen LogP contribution is 2.76. The Morgan fingerprint density at radius 3 is 2.24 bits per heavy atom. The topological polar surface area (TPSA) is 87.4 Å². The first-order valence-corrected chi connectivity index (χ1v) is 14.5. The molecule has 8 atom stereocenters. The minimum Gasteiger partial charge on any atom is -0.511 e. The number of methoxy groups -OCH3 is 1. The van der Waals surface area contributed by atoms with Crippen LogP contribution in [0.5, 0.6) is 0 Å². The lowest BCUT2D eigenvalue weighted by molar-refractivity contribution is -0.233. The standard InChI is InChI=1S/C32H47NO4/c1-27(2)11-13-32(26(36)37-8)14-12-31(7)24(20(32)17-27)21(34)15-23-29(5)16-19(18-33)25(35)28(3,4)22(29)9-10-30(23,31)6/h20,22-24,35H,9-17H2,1-8H3/t20-,22-,23?,24-,29-,30+,31+,32-/m0/s1. The van der Waals surface area contributed by atoms with Gasteiger partial charge in [0, 0.05) is 17.8 Å². The lowest BCUT2D eigenvalue weighted by atomic mass is 9.31. The van der Waals surface area contributed by atoms with Gasteiger partial charge >= 0.3 is 5.97 Å². The molecule has 0 heterocycles. The van der Waals surface area contributed by atoms with Crippen LogP contribution in [0, 0.1) is 67.5 Å². The maximum atomic E-state index is 14.5. The van der Waals surface area contributed by atoms with Crippen LogP contribution >= 0.6 is 0 Å². The van der Waals surface area contributed by atoms with Crippen molar-refractivity contribution in [1.82, 2.24) is 0 Å². The summed E-state index contributed by atoms with van der Waals surface area (Å²) in [5, 5.41) is 21.0. The van der Waals surface area contributed by atoms with Crippen LogP contribution in [0.4, 0.5) is 0 Å². The molecule has 5 rings (SSSR count). The number of allylic oxidation sites excluding steroid dienone is 2. The molecule has 0 aromatic rings. The van der Waals surface area contributed by atoms with Crippen molar-refractivity contribution in [3.05, 3.63) is 11.3 Å². The highest BCUT2D eigenvalue weighted by molar-refractivity contribution is 5.86. The maximum Gasteiger partial charge on any atom is 0.312 e. The first kappa shape index (κ1) is 26.8. The molecule has 4 saturated carbocycles. The molecular weight excluding hydrogens is 462 g/mol. The van der Waals surface area contributed by atoms with Crippen LogP contribution in [0.1, 0.15) is 106 Å². The van der Waals surface area contributed by atoms with E-state index in [2.05, 4.69) is 54.5 Å². The van der Waals surface area contributed by atoms with Gasteiger partial charge in [-0.2, -0.15) is 5.26 Å². The monoisotopic (exact) mass is 509 g/mol. The molecule has 0 amide bonds. The molecule has 5 aliphatic rings. The lowest BCUT2D eigenvalue weighted by Gasteiger charge is -2.72. The van der Waals surface area contributed by atoms with Crippen LogP contribution in [0.25, 0.3) is 0 Å². The van der Waals surface area contributed by atoms with Crippen LogP contribution < -0.4 is 0 Å². The first-order valence-electron chi connectivity index (χ1n) is 14.5. The van der Waals surface area contributed by atoms with E-state index in [4.69, 9.17) is 4.74 Å². The van der Waals surface area contributed by atoms with Gasteiger partial charge < -0.3 is 9.84 Å². The van der Waals surface area contributed by atoms with E-state index < -0.39 is 10.8 Å². The summed E-state index contributed by atoms with van der Waals surface area (Å²) in [6.45, 7) is 15.8. The summed E-state index contributed by atoms with van der Waals surface area (Å²) in [6, 6.07) is 2.32. The molecule has 5 heteroatoms. The second kappa shape index (κ2) is 7.86. The second-order valence-electron chi connectivity index (χ2n) is 15.6. The Kier molecular flexibility index (Phi) is 5.68. The summed E-state index contributed by atoms with van der Waals surface area (Å²) in [5.41, 5.74) is -0.972. The average Bonchev–Trinajstić information content (AvgIpc) is 2.82. The van der Waals surface area contributed by atoms with E-state index in [1.807, 2.05) is 0 Å². The Morgan fingerprint density at radius 2 is 1.62 bits per heavy atom. The quantitative estimate of drug-likeness (QED) is 0.379. The van der Waals surface area contributed by atoms with Gasteiger partial charge in [-0.15, -0.1) is 0 Å². The Balaban J connectivity index is 1.62. The average molecular weight is 510 g/mol. The van der Waals surface area contributed by atoms with Crippen molar-refractivity contribution in [2.24, 2.45) is 56.2 Å². The van der Waals surface area contributed by atoms with Gasteiger partial charge in [0.1, 0.15) is 11.5 Å². The number of nitriles is 1. The van der Waals surface area contributed by atoms with Gasteiger partial charge in [0.15, 0.2) is 0 Å². The summed E-state index contributed by atoms with van der Waals surface area (Å²) in [5.74, 6) is 0.686. The van der Waals surface area contributed by atoms with Crippen LogP contribution in [0.3, 0.4) is 0 Å². The third-order valence-corrected chi connectivity index (χ3v) is 13.3. The number of Topliss-reactive ketones (excluding diaryl/α,β-unsaturated/α-hetero) is 1. The first-order chi connectivity index (χ1) is 17.0. The molecule has 0 aromatic carbocycles. The molecule has 5 nitrogen and oxygen atoms in total. The zero-order valence-electron chi connectivity index (χ0n) is 24.3. The summed E-state index contributed by atoms with van der Waals surface area (Å²) in [4.78, 5) is 27.9. The van der Waals surface area contributed by atoms with E-state index in [9.17, 15) is 20.0 Å². The molecule has 37 heavy (non-hydrogen) atoms. The molecule has 0 radical (unpaired) electrons. The molecule has 0 aliphatic heterocycles. The number of ether oxygens (including phenoxy) is 1. The SMILES string of the molecule is COC(=O)[C@]12CCC(C)(C)C[C@H]1[C@H]1C(=O)CC3[C@@]4(C)CC(C#N)=C(O)C(C)(C)[C@@H]4CC[C@@]3(C)[C@]1(C)CC2. The van der Waals surface area contributed by atoms with Crippen molar-refractivity contribution < 1.29 is 19.4 Å². The lowest BCUT2D eigenvalue weighted by Crippen LogP contribution is -2.69. The van der Waals surface area contributed by atoms with Gasteiger partial charge in [-0.05, 0) is 90.8 Å². The largest absolute Gasteiger partial charge is 0.511 e. The van der Waals surface area contributed by atoms with Gasteiger partial charge in [-0.3, -0.25) is 9.59 Å². The summed E-state index contributed by atoms with van der Waals surface area (Å²) < 4.78 is 5.43. The van der Waals surface area contributed by atoms with E-state index >= 15 is 0 Å². The third kappa shape index (κ3) is 3.20. The molecule has 0 spiro atoms. The molecule has 0 bridgehead atoms. The van der Waals surface area contributed by atoms with Gasteiger partial charge in [0.25, 0.3) is 0 Å². The molecule has 4 fully saturated rings. The number of aliphatic hydroxyl groups excluding tert-OH is 1. The summed E-state index contributed by atoms with van der Waals surface area (Å²) in [7, 11) is 1.50. The fourth-order valence-corrected chi connectivity index (χ4v) is 11.2. The number of carbonyl (C=O) groups is 2. The van der Waals surface area contributed by atoms with E-state index in [0.29, 0.717) is 24.2 Å².